The van der Waals surface area contributed by atoms with E-state index in [-0.39, 0.29) is 24.8 Å². The van der Waals surface area contributed by atoms with E-state index in [1.807, 2.05) is 6.92 Å². The topological polar surface area (TPSA) is 82.0 Å². The number of pyridine rings is 1. The number of carbonyl (C=O) groups is 1. The molecular weight excluding hydrogens is 237 g/mol. The Morgan fingerprint density at radius 2 is 2.07 bits per heavy atom. The third-order valence-electron chi connectivity index (χ3n) is 1.85. The van der Waals surface area contributed by atoms with Gasteiger partial charge in [-0.2, -0.15) is 0 Å². The summed E-state index contributed by atoms with van der Waals surface area (Å²) >= 11 is 0. The predicted molar refractivity (Wildman–Crippen MR) is 65.7 cm³/mol. The van der Waals surface area contributed by atoms with Crippen molar-refractivity contribution in [1.29, 1.82) is 0 Å². The quantitative estimate of drug-likeness (QED) is 0.856. The SMILES string of the molecule is CCCc1c(C(N)=O)ccnc1N.Cl.Cl. The van der Waals surface area contributed by atoms with E-state index >= 15 is 0 Å². The zero-order valence-corrected chi connectivity index (χ0v) is 10.0. The second-order valence-electron chi connectivity index (χ2n) is 2.84. The minimum Gasteiger partial charge on any atom is -0.383 e. The summed E-state index contributed by atoms with van der Waals surface area (Å²) in [7, 11) is 0. The number of primary amides is 1. The number of nitrogens with zero attached hydrogens (tertiary/aromatic N) is 1. The Hall–Kier alpha value is -1.000. The van der Waals surface area contributed by atoms with E-state index in [0.717, 1.165) is 18.4 Å². The first-order valence-electron chi connectivity index (χ1n) is 4.20. The highest BCUT2D eigenvalue weighted by molar-refractivity contribution is 5.95. The summed E-state index contributed by atoms with van der Waals surface area (Å²) in [6.07, 6.45) is 3.14. The monoisotopic (exact) mass is 251 g/mol. The Bertz CT molecular complexity index is 331. The van der Waals surface area contributed by atoms with Crippen molar-refractivity contribution >= 4 is 36.5 Å². The average molecular weight is 252 g/mol. The highest BCUT2D eigenvalue weighted by atomic mass is 35.5. The number of amides is 1. The molecule has 0 aliphatic rings. The van der Waals surface area contributed by atoms with E-state index in [1.54, 1.807) is 6.07 Å². The van der Waals surface area contributed by atoms with Gasteiger partial charge in [-0.05, 0) is 12.5 Å². The molecule has 4 N–H and O–H groups in total. The fraction of sp³-hybridized carbons (Fsp3) is 0.333. The molecule has 86 valence electrons. The number of hydrogen-bond donors (Lipinski definition) is 2. The number of anilines is 1. The van der Waals surface area contributed by atoms with Crippen molar-refractivity contribution in [3.63, 3.8) is 0 Å². The molecule has 1 rings (SSSR count). The summed E-state index contributed by atoms with van der Waals surface area (Å²) in [6.45, 7) is 2.01. The molecule has 1 heterocycles. The van der Waals surface area contributed by atoms with E-state index in [9.17, 15) is 4.79 Å². The van der Waals surface area contributed by atoms with Crippen molar-refractivity contribution in [1.82, 2.24) is 4.98 Å². The Kier molecular flexibility index (Phi) is 8.01. The highest BCUT2D eigenvalue weighted by Crippen LogP contribution is 2.15. The molecule has 0 fully saturated rings. The fourth-order valence-corrected chi connectivity index (χ4v) is 1.25. The minimum atomic E-state index is -0.447. The van der Waals surface area contributed by atoms with Crippen LogP contribution in [0.3, 0.4) is 0 Å². The molecule has 0 aliphatic carbocycles. The van der Waals surface area contributed by atoms with Crippen LogP contribution in [0.15, 0.2) is 12.3 Å². The van der Waals surface area contributed by atoms with Gasteiger partial charge in [-0.3, -0.25) is 4.79 Å². The average Bonchev–Trinajstić information content (AvgIpc) is 2.08. The van der Waals surface area contributed by atoms with Crippen molar-refractivity contribution in [2.45, 2.75) is 19.8 Å². The molecule has 15 heavy (non-hydrogen) atoms. The van der Waals surface area contributed by atoms with Gasteiger partial charge in [0.1, 0.15) is 5.82 Å². The van der Waals surface area contributed by atoms with Gasteiger partial charge in [-0.25, -0.2) is 4.98 Å². The van der Waals surface area contributed by atoms with E-state index in [2.05, 4.69) is 4.98 Å². The van der Waals surface area contributed by atoms with Crippen LogP contribution in [0.25, 0.3) is 0 Å². The zero-order chi connectivity index (χ0) is 9.84. The molecule has 4 nitrogen and oxygen atoms in total. The fourth-order valence-electron chi connectivity index (χ4n) is 1.25. The smallest absolute Gasteiger partial charge is 0.249 e. The van der Waals surface area contributed by atoms with E-state index in [0.29, 0.717) is 11.4 Å². The number of rotatable bonds is 3. The normalized spacial score (nSPS) is 8.60. The van der Waals surface area contributed by atoms with Crippen LogP contribution in [0.5, 0.6) is 0 Å². The molecule has 0 aliphatic heterocycles. The predicted octanol–water partition coefficient (Wildman–Crippen LogP) is 1.56. The van der Waals surface area contributed by atoms with Crippen LogP contribution >= 0.6 is 24.8 Å². The van der Waals surface area contributed by atoms with Gasteiger partial charge in [-0.1, -0.05) is 13.3 Å². The van der Waals surface area contributed by atoms with Crippen molar-refractivity contribution in [2.24, 2.45) is 5.73 Å². The van der Waals surface area contributed by atoms with Gasteiger partial charge in [0.05, 0.1) is 0 Å². The first-order valence-corrected chi connectivity index (χ1v) is 4.20. The van der Waals surface area contributed by atoms with Crippen LogP contribution in [-0.2, 0) is 6.42 Å². The van der Waals surface area contributed by atoms with Gasteiger partial charge < -0.3 is 11.5 Å². The summed E-state index contributed by atoms with van der Waals surface area (Å²) in [4.78, 5) is 14.9. The summed E-state index contributed by atoms with van der Waals surface area (Å²) in [5, 5.41) is 0. The van der Waals surface area contributed by atoms with Gasteiger partial charge >= 0.3 is 0 Å². The summed E-state index contributed by atoms with van der Waals surface area (Å²) in [6, 6.07) is 1.60. The molecule has 0 atom stereocenters. The molecule has 0 unspecified atom stereocenters. The van der Waals surface area contributed by atoms with Gasteiger partial charge in [0.2, 0.25) is 5.91 Å². The molecule has 1 aromatic heterocycles. The van der Waals surface area contributed by atoms with Crippen LogP contribution in [-0.4, -0.2) is 10.9 Å². The lowest BCUT2D eigenvalue weighted by Gasteiger charge is -2.06. The van der Waals surface area contributed by atoms with Crippen molar-refractivity contribution < 1.29 is 4.79 Å². The van der Waals surface area contributed by atoms with Gasteiger partial charge in [0.25, 0.3) is 0 Å². The third kappa shape index (κ3) is 3.93. The van der Waals surface area contributed by atoms with Crippen LogP contribution in [0.1, 0.15) is 29.3 Å². The maximum Gasteiger partial charge on any atom is 0.249 e. The molecule has 0 spiro atoms. The maximum atomic E-state index is 11.0. The van der Waals surface area contributed by atoms with Crippen molar-refractivity contribution in [3.05, 3.63) is 23.4 Å². The molecule has 0 radical (unpaired) electrons. The van der Waals surface area contributed by atoms with Crippen molar-refractivity contribution in [3.8, 4) is 0 Å². The van der Waals surface area contributed by atoms with Gasteiger partial charge in [0, 0.05) is 17.3 Å². The lowest BCUT2D eigenvalue weighted by Crippen LogP contribution is -2.15. The van der Waals surface area contributed by atoms with E-state index < -0.39 is 5.91 Å². The first-order chi connectivity index (χ1) is 6.16. The number of nitrogens with two attached hydrogens (primary N) is 2. The molecular formula is C9H15Cl2N3O. The van der Waals surface area contributed by atoms with Crippen LogP contribution in [0.2, 0.25) is 0 Å². The van der Waals surface area contributed by atoms with Gasteiger partial charge in [0.15, 0.2) is 0 Å². The molecule has 0 saturated carbocycles. The summed E-state index contributed by atoms with van der Waals surface area (Å²) in [5.74, 6) is -0.0456. The third-order valence-corrected chi connectivity index (χ3v) is 1.85. The molecule has 0 aromatic carbocycles. The maximum absolute atomic E-state index is 11.0. The zero-order valence-electron chi connectivity index (χ0n) is 8.40. The second kappa shape index (κ2) is 7.31. The lowest BCUT2D eigenvalue weighted by atomic mass is 10.0. The van der Waals surface area contributed by atoms with Crippen LogP contribution in [0.4, 0.5) is 5.82 Å². The Morgan fingerprint density at radius 3 is 2.53 bits per heavy atom. The molecule has 1 amide bonds. The second-order valence-corrected chi connectivity index (χ2v) is 2.84. The van der Waals surface area contributed by atoms with Crippen LogP contribution < -0.4 is 11.5 Å². The molecule has 1 aromatic rings. The van der Waals surface area contributed by atoms with E-state index in [4.69, 9.17) is 11.5 Å². The first kappa shape index (κ1) is 16.4. The molecule has 0 saturated heterocycles. The van der Waals surface area contributed by atoms with Crippen molar-refractivity contribution in [2.75, 3.05) is 5.73 Å². The number of hydrogen-bond acceptors (Lipinski definition) is 3. The Labute approximate surface area is 101 Å². The molecule has 0 bridgehead atoms. The highest BCUT2D eigenvalue weighted by Gasteiger charge is 2.10. The number of aromatic nitrogens is 1. The number of halogens is 2. The Balaban J connectivity index is 0. The van der Waals surface area contributed by atoms with Gasteiger partial charge in [-0.15, -0.1) is 24.8 Å². The Morgan fingerprint density at radius 1 is 1.47 bits per heavy atom. The minimum absolute atomic E-state index is 0. The summed E-state index contributed by atoms with van der Waals surface area (Å²) in [5.41, 5.74) is 12.1. The largest absolute Gasteiger partial charge is 0.383 e. The number of nitrogen functional groups attached to an aromatic ring is 1. The van der Waals surface area contributed by atoms with E-state index in [1.165, 1.54) is 6.20 Å². The molecule has 6 heteroatoms. The summed E-state index contributed by atoms with van der Waals surface area (Å²) < 4.78 is 0. The number of carbonyl (C=O) groups excluding carboxylic acids is 1. The standard InChI is InChI=1S/C9H13N3O.2ClH/c1-2-3-6-7(9(11)13)4-5-12-8(6)10;;/h4-5H,2-3H2,1H3,(H2,10,12)(H2,11,13);2*1H. The van der Waals surface area contributed by atoms with Crippen LogP contribution in [0, 0.1) is 0 Å². The lowest BCUT2D eigenvalue weighted by molar-refractivity contribution is 0.0999.